The molecule has 130 valence electrons. The minimum Gasteiger partial charge on any atom is -0.497 e. The third-order valence-corrected chi connectivity index (χ3v) is 4.67. The highest BCUT2D eigenvalue weighted by Crippen LogP contribution is 2.23. The highest BCUT2D eigenvalue weighted by molar-refractivity contribution is 5.31. The average molecular weight is 329 g/mol. The second-order valence-corrected chi connectivity index (χ2v) is 6.22. The first-order valence-corrected chi connectivity index (χ1v) is 8.81. The normalized spacial score (nSPS) is 18.5. The Kier molecular flexibility index (Phi) is 5.75. The molecule has 1 aliphatic heterocycles. The fourth-order valence-electron chi connectivity index (χ4n) is 3.38. The van der Waals surface area contributed by atoms with Gasteiger partial charge in [0, 0.05) is 37.9 Å². The first-order chi connectivity index (χ1) is 11.8. The van der Waals surface area contributed by atoms with Gasteiger partial charge in [-0.3, -0.25) is 4.90 Å². The summed E-state index contributed by atoms with van der Waals surface area (Å²) in [6, 6.07) is 8.31. The Hall–Kier alpha value is -2.01. The summed E-state index contributed by atoms with van der Waals surface area (Å²) in [7, 11) is 1.67. The van der Waals surface area contributed by atoms with Gasteiger partial charge in [0.1, 0.15) is 23.9 Å². The molecule has 1 aromatic carbocycles. The topological polar surface area (TPSA) is 39.5 Å². The summed E-state index contributed by atoms with van der Waals surface area (Å²) in [5, 5.41) is 0. The summed E-state index contributed by atoms with van der Waals surface area (Å²) in [5.41, 5.74) is 0. The van der Waals surface area contributed by atoms with E-state index in [1.165, 1.54) is 18.7 Å². The van der Waals surface area contributed by atoms with Crippen molar-refractivity contribution in [1.82, 2.24) is 14.5 Å². The molecule has 5 nitrogen and oxygen atoms in total. The van der Waals surface area contributed by atoms with Crippen LogP contribution in [0.25, 0.3) is 0 Å². The summed E-state index contributed by atoms with van der Waals surface area (Å²) in [6.45, 7) is 6.07. The number of ether oxygens (including phenoxy) is 2. The molecule has 0 bridgehead atoms. The van der Waals surface area contributed by atoms with E-state index in [9.17, 15) is 0 Å². The van der Waals surface area contributed by atoms with E-state index in [0.29, 0.717) is 12.6 Å². The van der Waals surface area contributed by atoms with Gasteiger partial charge in [0.25, 0.3) is 0 Å². The quantitative estimate of drug-likeness (QED) is 0.782. The summed E-state index contributed by atoms with van der Waals surface area (Å²) in [6.07, 6.45) is 7.50. The van der Waals surface area contributed by atoms with Gasteiger partial charge < -0.3 is 14.0 Å². The highest BCUT2D eigenvalue weighted by atomic mass is 16.5. The van der Waals surface area contributed by atoms with E-state index < -0.39 is 0 Å². The zero-order valence-corrected chi connectivity index (χ0v) is 14.6. The summed E-state index contributed by atoms with van der Waals surface area (Å²) < 4.78 is 13.4. The third kappa shape index (κ3) is 4.09. The van der Waals surface area contributed by atoms with Crippen LogP contribution in [0.15, 0.2) is 36.7 Å². The van der Waals surface area contributed by atoms with Gasteiger partial charge in [-0.1, -0.05) is 6.92 Å². The molecule has 1 saturated heterocycles. The maximum atomic E-state index is 5.86. The lowest BCUT2D eigenvalue weighted by Crippen LogP contribution is -2.39. The standard InChI is InChI=1S/C19H27N3O2/c1-3-19-20-10-12-22(19)16-5-4-11-21(15-16)13-14-24-18-8-6-17(23-2)7-9-18/h6-10,12,16H,3-5,11,13-15H2,1-2H3/t16-/m0/s1. The molecule has 5 heteroatoms. The Morgan fingerprint density at radius 3 is 2.75 bits per heavy atom. The summed E-state index contributed by atoms with van der Waals surface area (Å²) in [4.78, 5) is 6.96. The second kappa shape index (κ2) is 8.20. The molecule has 0 saturated carbocycles. The number of aromatic nitrogens is 2. The lowest BCUT2D eigenvalue weighted by atomic mass is 10.1. The second-order valence-electron chi connectivity index (χ2n) is 6.22. The first kappa shape index (κ1) is 16.8. The molecule has 0 amide bonds. The van der Waals surface area contributed by atoms with E-state index >= 15 is 0 Å². The van der Waals surface area contributed by atoms with Crippen LogP contribution in [0.5, 0.6) is 11.5 Å². The van der Waals surface area contributed by atoms with Gasteiger partial charge in [-0.05, 0) is 43.7 Å². The van der Waals surface area contributed by atoms with Crippen molar-refractivity contribution in [2.75, 3.05) is 33.4 Å². The third-order valence-electron chi connectivity index (χ3n) is 4.67. The van der Waals surface area contributed by atoms with Gasteiger partial charge in [0.05, 0.1) is 7.11 Å². The van der Waals surface area contributed by atoms with E-state index in [1.54, 1.807) is 7.11 Å². The Morgan fingerprint density at radius 2 is 2.00 bits per heavy atom. The Labute approximate surface area is 144 Å². The van der Waals surface area contributed by atoms with Crippen LogP contribution in [-0.4, -0.2) is 47.8 Å². The molecule has 1 aliphatic rings. The Morgan fingerprint density at radius 1 is 1.21 bits per heavy atom. The van der Waals surface area contributed by atoms with Crippen molar-refractivity contribution in [3.63, 3.8) is 0 Å². The van der Waals surface area contributed by atoms with E-state index in [-0.39, 0.29) is 0 Å². The van der Waals surface area contributed by atoms with E-state index in [0.717, 1.165) is 37.6 Å². The predicted octanol–water partition coefficient (Wildman–Crippen LogP) is 3.17. The number of piperidine rings is 1. The van der Waals surface area contributed by atoms with Crippen molar-refractivity contribution < 1.29 is 9.47 Å². The van der Waals surface area contributed by atoms with Crippen LogP contribution in [-0.2, 0) is 6.42 Å². The number of imidazole rings is 1. The average Bonchev–Trinajstić information content (AvgIpc) is 3.11. The molecule has 0 spiro atoms. The molecule has 1 atom stereocenters. The smallest absolute Gasteiger partial charge is 0.119 e. The zero-order chi connectivity index (χ0) is 16.8. The molecule has 0 radical (unpaired) electrons. The summed E-state index contributed by atoms with van der Waals surface area (Å²) >= 11 is 0. The number of methoxy groups -OCH3 is 1. The number of hydrogen-bond donors (Lipinski definition) is 0. The van der Waals surface area contributed by atoms with Crippen molar-refractivity contribution in [2.45, 2.75) is 32.2 Å². The Bertz CT molecular complexity index is 624. The van der Waals surface area contributed by atoms with Crippen molar-refractivity contribution in [3.05, 3.63) is 42.5 Å². The van der Waals surface area contributed by atoms with Crippen molar-refractivity contribution >= 4 is 0 Å². The highest BCUT2D eigenvalue weighted by Gasteiger charge is 2.22. The van der Waals surface area contributed by atoms with E-state index in [1.807, 2.05) is 30.5 Å². The molecule has 3 rings (SSSR count). The number of likely N-dealkylation sites (tertiary alicyclic amines) is 1. The van der Waals surface area contributed by atoms with Crippen LogP contribution in [0.2, 0.25) is 0 Å². The molecule has 2 heterocycles. The van der Waals surface area contributed by atoms with Crippen LogP contribution in [0.3, 0.4) is 0 Å². The molecule has 0 N–H and O–H groups in total. The zero-order valence-electron chi connectivity index (χ0n) is 14.6. The van der Waals surface area contributed by atoms with E-state index in [2.05, 4.69) is 27.6 Å². The van der Waals surface area contributed by atoms with Crippen molar-refractivity contribution in [3.8, 4) is 11.5 Å². The monoisotopic (exact) mass is 329 g/mol. The minimum absolute atomic E-state index is 0.539. The molecule has 24 heavy (non-hydrogen) atoms. The number of nitrogens with zero attached hydrogens (tertiary/aromatic N) is 3. The van der Waals surface area contributed by atoms with E-state index in [4.69, 9.17) is 9.47 Å². The summed E-state index contributed by atoms with van der Waals surface area (Å²) in [5.74, 6) is 2.94. The van der Waals surface area contributed by atoms with Gasteiger partial charge in [-0.25, -0.2) is 4.98 Å². The lowest BCUT2D eigenvalue weighted by Gasteiger charge is -2.34. The van der Waals surface area contributed by atoms with Crippen LogP contribution >= 0.6 is 0 Å². The SMILES string of the molecule is CCc1nccn1[C@H]1CCCN(CCOc2ccc(OC)cc2)C1. The van der Waals surface area contributed by atoms with Crippen molar-refractivity contribution in [2.24, 2.45) is 0 Å². The maximum absolute atomic E-state index is 5.86. The van der Waals surface area contributed by atoms with Crippen LogP contribution < -0.4 is 9.47 Å². The molecular weight excluding hydrogens is 302 g/mol. The maximum Gasteiger partial charge on any atom is 0.119 e. The van der Waals surface area contributed by atoms with Crippen LogP contribution in [0.1, 0.15) is 31.6 Å². The predicted molar refractivity (Wildman–Crippen MR) is 94.8 cm³/mol. The first-order valence-electron chi connectivity index (χ1n) is 8.81. The molecule has 2 aromatic rings. The van der Waals surface area contributed by atoms with Gasteiger partial charge in [0.15, 0.2) is 0 Å². The largest absolute Gasteiger partial charge is 0.497 e. The number of hydrogen-bond acceptors (Lipinski definition) is 4. The van der Waals surface area contributed by atoms with Gasteiger partial charge in [-0.2, -0.15) is 0 Å². The van der Waals surface area contributed by atoms with Crippen LogP contribution in [0, 0.1) is 0 Å². The number of aryl methyl sites for hydroxylation is 1. The molecule has 0 unspecified atom stereocenters. The van der Waals surface area contributed by atoms with Crippen LogP contribution in [0.4, 0.5) is 0 Å². The lowest BCUT2D eigenvalue weighted by molar-refractivity contribution is 0.148. The van der Waals surface area contributed by atoms with Gasteiger partial charge in [-0.15, -0.1) is 0 Å². The van der Waals surface area contributed by atoms with Gasteiger partial charge in [0.2, 0.25) is 0 Å². The number of benzene rings is 1. The van der Waals surface area contributed by atoms with Gasteiger partial charge >= 0.3 is 0 Å². The Balaban J connectivity index is 1.48. The molecular formula is C19H27N3O2. The number of rotatable bonds is 7. The molecule has 0 aliphatic carbocycles. The molecule has 1 aromatic heterocycles. The fourth-order valence-corrected chi connectivity index (χ4v) is 3.38. The minimum atomic E-state index is 0.539. The fraction of sp³-hybridized carbons (Fsp3) is 0.526. The van der Waals surface area contributed by atoms with Crippen molar-refractivity contribution in [1.29, 1.82) is 0 Å². The molecule has 1 fully saturated rings.